The normalized spacial score (nSPS) is 13.7. The molecule has 1 aliphatic carbocycles. The van der Waals surface area contributed by atoms with Crippen molar-refractivity contribution in [3.63, 3.8) is 0 Å². The van der Waals surface area contributed by atoms with Crippen molar-refractivity contribution in [3.05, 3.63) is 231 Å². The average molecular weight is 1120 g/mol. The van der Waals surface area contributed by atoms with Gasteiger partial charge < -0.3 is 0 Å². The summed E-state index contributed by atoms with van der Waals surface area (Å²) in [5.74, 6) is 2.03. The van der Waals surface area contributed by atoms with Gasteiger partial charge in [0.15, 0.2) is 0 Å². The SMILES string of the molecule is Cc1ccnc(-n2c3[c-]c(Oc4[c-]c(-n5[c](=[Pt])n(-c6cc(C(C)(C)C)cc(C(C)(C)C)c6)c6ccccc65)ccc4)ccc3c3cc4c(cc32)C2(c3ccccc3Sc3ccccc32)c2ccccc2-4)c1. The molecule has 0 amide bonds. The molecule has 0 radical (unpaired) electrons. The molecular weight excluding hydrogens is 1070 g/mol. The molecule has 0 saturated heterocycles. The van der Waals surface area contributed by atoms with E-state index in [1.54, 1.807) is 0 Å². The van der Waals surface area contributed by atoms with E-state index < -0.39 is 5.41 Å². The van der Waals surface area contributed by atoms with Crippen LogP contribution in [0.5, 0.6) is 11.5 Å². The number of hydrogen-bond acceptors (Lipinski definition) is 3. The molecule has 8 aromatic carbocycles. The molecule has 4 heterocycles. The molecule has 11 aromatic rings. The molecular formula is C64H50N4OPtS-2. The van der Waals surface area contributed by atoms with Crippen molar-refractivity contribution in [2.24, 2.45) is 0 Å². The van der Waals surface area contributed by atoms with Gasteiger partial charge in [-0.3, -0.25) is 0 Å². The number of rotatable bonds is 5. The first kappa shape index (κ1) is 44.0. The third kappa shape index (κ3) is 6.78. The zero-order valence-electron chi connectivity index (χ0n) is 40.7. The summed E-state index contributed by atoms with van der Waals surface area (Å²) in [6.45, 7) is 15.9. The standard InChI is InChI=1S/C64H50N4OS.Pt/c1-40-29-30-65-61(31-40)68-57-36-46(69-45-18-16-17-43(35-45)66-39-67(56-24-13-12-23-55(56)66)44-33-41(62(2,3)4)32-42(34-44)63(5,6)7)27-28-48(57)50-37-49-47-19-8-9-20-51(47)64(54(49)38-58(50)68)52-21-10-14-25-59(52)70-60-26-15-11-22-53(60)64;/h8-34,37-38H,1-7H3;/q-2;. The zero-order valence-corrected chi connectivity index (χ0v) is 43.8. The summed E-state index contributed by atoms with van der Waals surface area (Å²) in [5.41, 5.74) is 17.1. The Kier molecular flexibility index (Phi) is 9.92. The van der Waals surface area contributed by atoms with Crippen LogP contribution >= 0.6 is 11.8 Å². The number of ether oxygens (including phenoxy) is 1. The van der Waals surface area contributed by atoms with Gasteiger partial charge in [0.2, 0.25) is 0 Å². The van der Waals surface area contributed by atoms with Crippen LogP contribution in [0.25, 0.3) is 61.2 Å². The van der Waals surface area contributed by atoms with E-state index in [-0.39, 0.29) is 10.8 Å². The molecule has 7 heteroatoms. The fourth-order valence-corrected chi connectivity index (χ4v) is 13.4. The third-order valence-corrected chi connectivity index (χ3v) is 16.7. The Balaban J connectivity index is 0.971. The predicted molar refractivity (Wildman–Crippen MR) is 286 cm³/mol. The number of pyridine rings is 1. The molecule has 3 aromatic heterocycles. The Morgan fingerprint density at radius 2 is 1.17 bits per heavy atom. The van der Waals surface area contributed by atoms with E-state index in [9.17, 15) is 0 Å². The van der Waals surface area contributed by atoms with Gasteiger partial charge in [-0.15, -0.1) is 0 Å². The monoisotopic (exact) mass is 1120 g/mol. The van der Waals surface area contributed by atoms with Crippen LogP contribution in [-0.2, 0) is 35.6 Å². The second-order valence-corrected chi connectivity index (χ2v) is 23.2. The summed E-state index contributed by atoms with van der Waals surface area (Å²) < 4.78 is 14.8. The molecule has 0 atom stereocenters. The maximum atomic E-state index is 6.83. The fourth-order valence-electron chi connectivity index (χ4n) is 11.1. The van der Waals surface area contributed by atoms with Gasteiger partial charge in [-0.2, -0.15) is 0 Å². The minimum atomic E-state index is -0.507. The zero-order chi connectivity index (χ0) is 48.6. The molecule has 0 unspecified atom stereocenters. The van der Waals surface area contributed by atoms with Crippen LogP contribution in [0, 0.1) is 22.9 Å². The van der Waals surface area contributed by atoms with Crippen LogP contribution in [0.2, 0.25) is 0 Å². The summed E-state index contributed by atoms with van der Waals surface area (Å²) in [6.07, 6.45) is 1.90. The minimum Gasteiger partial charge on any atom is -0.0894 e. The van der Waals surface area contributed by atoms with E-state index in [1.165, 1.54) is 54.3 Å². The number of imidazole rings is 1. The van der Waals surface area contributed by atoms with Gasteiger partial charge in [0, 0.05) is 16.0 Å². The van der Waals surface area contributed by atoms with E-state index in [0.29, 0.717) is 11.5 Å². The molecule has 2 aliphatic rings. The van der Waals surface area contributed by atoms with Crippen molar-refractivity contribution in [2.45, 2.75) is 74.5 Å². The molecule has 5 nitrogen and oxygen atoms in total. The van der Waals surface area contributed by atoms with Crippen LogP contribution in [0.4, 0.5) is 0 Å². The van der Waals surface area contributed by atoms with Crippen LogP contribution in [-0.4, -0.2) is 18.7 Å². The molecule has 1 aliphatic heterocycles. The van der Waals surface area contributed by atoms with E-state index in [2.05, 4.69) is 251 Å². The number of aromatic nitrogens is 4. The Bertz CT molecular complexity index is 4010. The van der Waals surface area contributed by atoms with Crippen molar-refractivity contribution in [1.82, 2.24) is 18.7 Å². The van der Waals surface area contributed by atoms with Crippen molar-refractivity contribution in [2.75, 3.05) is 0 Å². The van der Waals surface area contributed by atoms with Gasteiger partial charge in [0.05, 0.1) is 5.41 Å². The predicted octanol–water partition coefficient (Wildman–Crippen LogP) is 16.1. The fraction of sp³-hybridized carbons (Fsp3) is 0.156. The first-order valence-corrected chi connectivity index (χ1v) is 26.2. The van der Waals surface area contributed by atoms with Crippen molar-refractivity contribution >= 4 is 44.6 Å². The number of benzene rings is 8. The van der Waals surface area contributed by atoms with Crippen LogP contribution in [0.3, 0.4) is 0 Å². The summed E-state index contributed by atoms with van der Waals surface area (Å²) >= 11 is 4.35. The van der Waals surface area contributed by atoms with Crippen LogP contribution < -0.4 is 4.74 Å². The minimum absolute atomic E-state index is 0.0197. The Hall–Kier alpha value is -6.98. The number of hydrogen-bond donors (Lipinski definition) is 0. The molecule has 350 valence electrons. The molecule has 1 spiro atoms. The molecule has 0 saturated carbocycles. The smallest absolute Gasteiger partial charge is 0.0894 e. The van der Waals surface area contributed by atoms with E-state index in [4.69, 9.17) is 9.72 Å². The van der Waals surface area contributed by atoms with E-state index in [0.717, 1.165) is 59.4 Å². The molecule has 13 rings (SSSR count). The third-order valence-electron chi connectivity index (χ3n) is 14.6. The molecule has 71 heavy (non-hydrogen) atoms. The van der Waals surface area contributed by atoms with Gasteiger partial charge in [-0.1, -0.05) is 72.4 Å². The maximum absolute atomic E-state index is 6.83. The molecule has 0 bridgehead atoms. The number of para-hydroxylation sites is 2. The van der Waals surface area contributed by atoms with E-state index >= 15 is 0 Å². The topological polar surface area (TPSA) is 36.9 Å². The Morgan fingerprint density at radius 1 is 0.535 bits per heavy atom. The number of aryl methyl sites for hydroxylation is 1. The van der Waals surface area contributed by atoms with Crippen molar-refractivity contribution < 1.29 is 24.1 Å². The van der Waals surface area contributed by atoms with Gasteiger partial charge >= 0.3 is 275 Å². The Labute approximate surface area is 429 Å². The summed E-state index contributed by atoms with van der Waals surface area (Å²) in [6, 6.07) is 69.6. The van der Waals surface area contributed by atoms with E-state index in [1.807, 2.05) is 30.1 Å². The first-order chi connectivity index (χ1) is 34.3. The van der Waals surface area contributed by atoms with Crippen LogP contribution in [0.15, 0.2) is 186 Å². The average Bonchev–Trinajstić information content (AvgIpc) is 3.95. The van der Waals surface area contributed by atoms with Gasteiger partial charge in [-0.05, 0) is 64.1 Å². The van der Waals surface area contributed by atoms with Gasteiger partial charge in [-0.25, -0.2) is 0 Å². The molecule has 0 fully saturated rings. The van der Waals surface area contributed by atoms with Gasteiger partial charge in [0.25, 0.3) is 0 Å². The second-order valence-electron chi connectivity index (χ2n) is 21.1. The van der Waals surface area contributed by atoms with Crippen LogP contribution in [0.1, 0.15) is 80.5 Å². The van der Waals surface area contributed by atoms with Crippen molar-refractivity contribution in [1.29, 1.82) is 0 Å². The number of nitrogens with zero attached hydrogens (tertiary/aromatic N) is 4. The second kappa shape index (κ2) is 16.0. The quantitative estimate of drug-likeness (QED) is 0.161. The van der Waals surface area contributed by atoms with Gasteiger partial charge in [0.1, 0.15) is 0 Å². The number of fused-ring (bicyclic) bond motifs is 13. The summed E-state index contributed by atoms with van der Waals surface area (Å²) in [7, 11) is 0. The summed E-state index contributed by atoms with van der Waals surface area (Å²) in [5, 5.41) is 2.22. The molecule has 0 N–H and O–H groups in total. The first-order valence-electron chi connectivity index (χ1n) is 24.3. The summed E-state index contributed by atoms with van der Waals surface area (Å²) in [4.78, 5) is 7.59. The van der Waals surface area contributed by atoms with Crippen molar-refractivity contribution in [3.8, 4) is 39.8 Å². The Morgan fingerprint density at radius 3 is 1.86 bits per heavy atom.